The molecule has 0 unspecified atom stereocenters. The monoisotopic (exact) mass is 228 g/mol. The molecule has 2 N–H and O–H groups in total. The lowest BCUT2D eigenvalue weighted by molar-refractivity contribution is 1.41. The quantitative estimate of drug-likeness (QED) is 0.870. The van der Waals surface area contributed by atoms with E-state index in [2.05, 4.69) is 18.1 Å². The number of nitrogen functional groups attached to an aromatic ring is 1. The fraction of sp³-hybridized carbons (Fsp3) is 0. The molecule has 0 aliphatic rings. The molecule has 0 amide bonds. The maximum atomic E-state index is 5.61. The Morgan fingerprint density at radius 3 is 2.50 bits per heavy atom. The van der Waals surface area contributed by atoms with Crippen LogP contribution in [0.25, 0.3) is 23.4 Å². The number of aromatic nitrogens is 1. The van der Waals surface area contributed by atoms with Gasteiger partial charge >= 0.3 is 0 Å². The molecule has 0 saturated carbocycles. The predicted octanol–water partition coefficient (Wildman–Crippen LogP) is 3.68. The van der Waals surface area contributed by atoms with Crippen molar-refractivity contribution in [1.29, 1.82) is 0 Å². The van der Waals surface area contributed by atoms with Gasteiger partial charge in [-0.3, -0.25) is 0 Å². The first-order valence-corrected chi connectivity index (χ1v) is 5.73. The van der Waals surface area contributed by atoms with Gasteiger partial charge in [0.05, 0.1) is 5.69 Å². The van der Waals surface area contributed by atoms with Gasteiger partial charge in [-0.2, -0.15) is 0 Å². The van der Waals surface area contributed by atoms with Crippen molar-refractivity contribution in [3.63, 3.8) is 0 Å². The van der Waals surface area contributed by atoms with Gasteiger partial charge in [-0.05, 0) is 17.2 Å². The zero-order valence-corrected chi connectivity index (χ0v) is 9.63. The molecule has 0 atom stereocenters. The summed E-state index contributed by atoms with van der Waals surface area (Å²) in [6.07, 6.45) is 3.63. The van der Waals surface area contributed by atoms with Gasteiger partial charge in [0.1, 0.15) is 0 Å². The van der Waals surface area contributed by atoms with E-state index < -0.39 is 0 Å². The number of hydrogen-bond acceptors (Lipinski definition) is 3. The summed E-state index contributed by atoms with van der Waals surface area (Å²) in [4.78, 5) is 4.25. The zero-order valence-electron chi connectivity index (χ0n) is 8.81. The normalized spacial score (nSPS) is 10.0. The smallest absolute Gasteiger partial charge is 0.180 e. The highest BCUT2D eigenvalue weighted by molar-refractivity contribution is 7.13. The van der Waals surface area contributed by atoms with Crippen LogP contribution >= 0.6 is 11.3 Å². The maximum Gasteiger partial charge on any atom is 0.180 e. The van der Waals surface area contributed by atoms with Crippen molar-refractivity contribution in [2.24, 2.45) is 0 Å². The first kappa shape index (κ1) is 10.6. The molecule has 2 aromatic rings. The summed E-state index contributed by atoms with van der Waals surface area (Å²) in [5.74, 6) is 0. The van der Waals surface area contributed by atoms with E-state index in [0.29, 0.717) is 5.13 Å². The summed E-state index contributed by atoms with van der Waals surface area (Å²) >= 11 is 1.44. The molecule has 0 fully saturated rings. The largest absolute Gasteiger partial charge is 0.375 e. The summed E-state index contributed by atoms with van der Waals surface area (Å²) in [5, 5.41) is 2.54. The van der Waals surface area contributed by atoms with Crippen molar-refractivity contribution >= 4 is 28.6 Å². The topological polar surface area (TPSA) is 38.9 Å². The SMILES string of the molecule is C=Cc1ccc(-c2csc(N)n2)cc1C=C. The van der Waals surface area contributed by atoms with Gasteiger partial charge in [0.2, 0.25) is 0 Å². The van der Waals surface area contributed by atoms with Crippen LogP contribution in [0.2, 0.25) is 0 Å². The van der Waals surface area contributed by atoms with Crippen LogP contribution in [0.3, 0.4) is 0 Å². The van der Waals surface area contributed by atoms with Crippen molar-refractivity contribution in [1.82, 2.24) is 4.98 Å². The Labute approximate surface area is 98.8 Å². The number of benzene rings is 1. The molecule has 0 spiro atoms. The van der Waals surface area contributed by atoms with E-state index in [-0.39, 0.29) is 0 Å². The molecule has 3 heteroatoms. The molecular formula is C13H12N2S. The summed E-state index contributed by atoms with van der Waals surface area (Å²) < 4.78 is 0. The number of nitrogens with zero attached hydrogens (tertiary/aromatic N) is 1. The lowest BCUT2D eigenvalue weighted by Crippen LogP contribution is -1.85. The van der Waals surface area contributed by atoms with Crippen molar-refractivity contribution in [3.8, 4) is 11.3 Å². The van der Waals surface area contributed by atoms with E-state index in [4.69, 9.17) is 5.73 Å². The van der Waals surface area contributed by atoms with Gasteiger partial charge in [-0.1, -0.05) is 37.4 Å². The number of hydrogen-bond donors (Lipinski definition) is 1. The maximum absolute atomic E-state index is 5.61. The van der Waals surface area contributed by atoms with Crippen LogP contribution in [0.5, 0.6) is 0 Å². The third-order valence-corrected chi connectivity index (χ3v) is 3.02. The van der Waals surface area contributed by atoms with Crippen molar-refractivity contribution in [3.05, 3.63) is 47.9 Å². The lowest BCUT2D eigenvalue weighted by atomic mass is 10.0. The Morgan fingerprint density at radius 1 is 1.19 bits per heavy atom. The molecule has 0 bridgehead atoms. The summed E-state index contributed by atoms with van der Waals surface area (Å²) in [5.41, 5.74) is 9.69. The van der Waals surface area contributed by atoms with Crippen molar-refractivity contribution in [2.45, 2.75) is 0 Å². The molecule has 16 heavy (non-hydrogen) atoms. The van der Waals surface area contributed by atoms with E-state index in [0.717, 1.165) is 22.4 Å². The molecular weight excluding hydrogens is 216 g/mol. The van der Waals surface area contributed by atoms with Crippen LogP contribution in [0.1, 0.15) is 11.1 Å². The molecule has 1 aromatic carbocycles. The summed E-state index contributed by atoms with van der Waals surface area (Å²) in [7, 11) is 0. The van der Waals surface area contributed by atoms with Crippen LogP contribution in [-0.4, -0.2) is 4.98 Å². The zero-order chi connectivity index (χ0) is 11.5. The Balaban J connectivity index is 2.51. The first-order valence-electron chi connectivity index (χ1n) is 4.85. The van der Waals surface area contributed by atoms with Crippen LogP contribution < -0.4 is 5.73 Å². The minimum atomic E-state index is 0.586. The summed E-state index contributed by atoms with van der Waals surface area (Å²) in [6.45, 7) is 7.55. The second-order valence-corrected chi connectivity index (χ2v) is 4.21. The Morgan fingerprint density at radius 2 is 1.94 bits per heavy atom. The highest BCUT2D eigenvalue weighted by Crippen LogP contribution is 2.26. The van der Waals surface area contributed by atoms with Crippen LogP contribution in [0.4, 0.5) is 5.13 Å². The van der Waals surface area contributed by atoms with Crippen LogP contribution in [0.15, 0.2) is 36.7 Å². The predicted molar refractivity (Wildman–Crippen MR) is 72.1 cm³/mol. The lowest BCUT2D eigenvalue weighted by Gasteiger charge is -2.03. The van der Waals surface area contributed by atoms with Crippen LogP contribution in [-0.2, 0) is 0 Å². The van der Waals surface area contributed by atoms with E-state index in [1.165, 1.54) is 11.3 Å². The molecule has 1 heterocycles. The molecule has 2 nitrogen and oxygen atoms in total. The summed E-state index contributed by atoms with van der Waals surface area (Å²) in [6, 6.07) is 6.06. The molecule has 0 radical (unpaired) electrons. The number of thiazole rings is 1. The minimum absolute atomic E-state index is 0.586. The van der Waals surface area contributed by atoms with Crippen LogP contribution in [0, 0.1) is 0 Å². The fourth-order valence-corrected chi connectivity index (χ4v) is 2.09. The van der Waals surface area contributed by atoms with Gasteiger partial charge in [-0.15, -0.1) is 11.3 Å². The third-order valence-electron chi connectivity index (χ3n) is 2.34. The third kappa shape index (κ3) is 1.90. The fourth-order valence-electron chi connectivity index (χ4n) is 1.52. The van der Waals surface area contributed by atoms with Gasteiger partial charge < -0.3 is 5.73 Å². The molecule has 0 aliphatic heterocycles. The molecule has 1 aromatic heterocycles. The van der Waals surface area contributed by atoms with E-state index in [1.807, 2.05) is 35.7 Å². The molecule has 80 valence electrons. The van der Waals surface area contributed by atoms with E-state index in [9.17, 15) is 0 Å². The molecule has 0 aliphatic carbocycles. The number of rotatable bonds is 3. The van der Waals surface area contributed by atoms with Gasteiger partial charge in [0.15, 0.2) is 5.13 Å². The van der Waals surface area contributed by atoms with Gasteiger partial charge in [-0.25, -0.2) is 4.98 Å². The van der Waals surface area contributed by atoms with Crippen molar-refractivity contribution in [2.75, 3.05) is 5.73 Å². The highest BCUT2D eigenvalue weighted by Gasteiger charge is 2.04. The van der Waals surface area contributed by atoms with E-state index >= 15 is 0 Å². The highest BCUT2D eigenvalue weighted by atomic mass is 32.1. The Bertz CT molecular complexity index is 541. The first-order chi connectivity index (χ1) is 7.74. The second-order valence-electron chi connectivity index (χ2n) is 3.32. The molecule has 0 saturated heterocycles. The second kappa shape index (κ2) is 4.33. The Kier molecular flexibility index (Phi) is 2.88. The van der Waals surface area contributed by atoms with E-state index in [1.54, 1.807) is 0 Å². The number of nitrogens with two attached hydrogens (primary N) is 1. The standard InChI is InChI=1S/C13H12N2S/c1-3-9-5-6-11(7-10(9)4-2)12-8-16-13(14)15-12/h3-8H,1-2H2,(H2,14,15). The van der Waals surface area contributed by atoms with Gasteiger partial charge in [0, 0.05) is 10.9 Å². The Hall–Kier alpha value is -1.87. The minimum Gasteiger partial charge on any atom is -0.375 e. The molecule has 2 rings (SSSR count). The average Bonchev–Trinajstić information content (AvgIpc) is 2.75. The average molecular weight is 228 g/mol. The number of anilines is 1. The van der Waals surface area contributed by atoms with Crippen molar-refractivity contribution < 1.29 is 0 Å². The van der Waals surface area contributed by atoms with Gasteiger partial charge in [0.25, 0.3) is 0 Å².